The first-order valence-electron chi connectivity index (χ1n) is 8.65. The Bertz CT molecular complexity index is 857. The van der Waals surface area contributed by atoms with Crippen molar-refractivity contribution in [2.24, 2.45) is 11.8 Å². The van der Waals surface area contributed by atoms with Crippen LogP contribution in [0.15, 0.2) is 57.8 Å². The number of amides is 2. The molecule has 0 aromatic carbocycles. The maximum atomic E-state index is 13.0. The van der Waals surface area contributed by atoms with Gasteiger partial charge in [0.15, 0.2) is 0 Å². The molecule has 4 atom stereocenters. The van der Waals surface area contributed by atoms with Gasteiger partial charge in [0.05, 0.1) is 50.1 Å². The lowest BCUT2D eigenvalue weighted by Gasteiger charge is -2.23. The van der Waals surface area contributed by atoms with Gasteiger partial charge in [-0.3, -0.25) is 9.59 Å². The van der Waals surface area contributed by atoms with Crippen LogP contribution in [0.5, 0.6) is 0 Å². The number of likely N-dealkylation sites (tertiary alicyclic amines) is 1. The van der Waals surface area contributed by atoms with E-state index in [1.54, 1.807) is 35.6 Å². The molecular weight excluding hydrogens is 336 g/mol. The minimum absolute atomic E-state index is 0.0635. The summed E-state index contributed by atoms with van der Waals surface area (Å²) >= 11 is 0. The second kappa shape index (κ2) is 5.60. The first-order valence-corrected chi connectivity index (χ1v) is 8.65. The minimum atomic E-state index is -0.707. The predicted octanol–water partition coefficient (Wildman–Crippen LogP) is 1.47. The molecule has 26 heavy (non-hydrogen) atoms. The number of carbonyl (C=O) groups is 2. The van der Waals surface area contributed by atoms with E-state index < -0.39 is 17.4 Å². The quantitative estimate of drug-likeness (QED) is 0.822. The summed E-state index contributed by atoms with van der Waals surface area (Å²) in [6.07, 6.45) is 6.64. The molecule has 2 amide bonds. The molecule has 2 saturated heterocycles. The van der Waals surface area contributed by atoms with Gasteiger partial charge in [0.1, 0.15) is 17.1 Å². The largest absolute Gasteiger partial charge is 0.467 e. The Morgan fingerprint density at radius 1 is 1.23 bits per heavy atom. The summed E-state index contributed by atoms with van der Waals surface area (Å²) in [7, 11) is 0. The zero-order chi connectivity index (χ0) is 17.7. The second-order valence-electron chi connectivity index (χ2n) is 6.97. The average Bonchev–Trinajstić information content (AvgIpc) is 3.43. The van der Waals surface area contributed by atoms with Crippen molar-refractivity contribution in [2.45, 2.75) is 24.8 Å². The van der Waals surface area contributed by atoms with Gasteiger partial charge in [-0.25, -0.2) is 0 Å². The van der Waals surface area contributed by atoms with E-state index in [1.165, 1.54) is 0 Å². The van der Waals surface area contributed by atoms with Crippen LogP contribution in [0.1, 0.15) is 11.5 Å². The van der Waals surface area contributed by atoms with Crippen molar-refractivity contribution in [2.75, 3.05) is 6.54 Å². The van der Waals surface area contributed by atoms with Crippen LogP contribution in [0.2, 0.25) is 0 Å². The number of ether oxygens (including phenoxy) is 1. The third kappa shape index (κ3) is 2.24. The number of nitrogens with one attached hydrogen (secondary N) is 1. The summed E-state index contributed by atoms with van der Waals surface area (Å²) in [6, 6.07) is 7.19. The van der Waals surface area contributed by atoms with E-state index in [4.69, 9.17) is 13.6 Å². The molecule has 2 aromatic heterocycles. The molecule has 2 aromatic rings. The Balaban J connectivity index is 1.35. The molecular formula is C19H18N2O5. The number of nitrogens with zero attached hydrogens (tertiary/aromatic N) is 1. The SMILES string of the molecule is O=C(NCc1ccco1)[C@H]1[C@@H]2C=C[C@]3(CN(Cc4ccco4)C(=O)[C@@H]13)O2. The van der Waals surface area contributed by atoms with Crippen molar-refractivity contribution in [3.63, 3.8) is 0 Å². The van der Waals surface area contributed by atoms with Gasteiger partial charge in [0.25, 0.3) is 0 Å². The smallest absolute Gasteiger partial charge is 0.230 e. The number of hydrogen-bond acceptors (Lipinski definition) is 5. The standard InChI is InChI=1S/C19H18N2O5/c22-17(20-9-12-3-1-7-24-12)15-14-5-6-19(26-14)11-21(18(23)16(15)19)10-13-4-2-8-25-13/h1-8,14-16H,9-11H2,(H,20,22)/t14-,15-,16+,19+/m0/s1. The van der Waals surface area contributed by atoms with Crippen LogP contribution in [0.25, 0.3) is 0 Å². The number of fused-ring (bicyclic) bond motifs is 1. The third-order valence-electron chi connectivity index (χ3n) is 5.43. The monoisotopic (exact) mass is 354 g/mol. The molecule has 2 fully saturated rings. The summed E-state index contributed by atoms with van der Waals surface area (Å²) in [5, 5.41) is 2.87. The fourth-order valence-corrected chi connectivity index (χ4v) is 4.31. The van der Waals surface area contributed by atoms with Crippen LogP contribution in [0, 0.1) is 11.8 Å². The highest BCUT2D eigenvalue weighted by molar-refractivity contribution is 5.92. The van der Waals surface area contributed by atoms with Crippen molar-refractivity contribution >= 4 is 11.8 Å². The molecule has 5 rings (SSSR count). The Kier molecular flexibility index (Phi) is 3.33. The number of rotatable bonds is 5. The van der Waals surface area contributed by atoms with Crippen LogP contribution in [-0.2, 0) is 27.4 Å². The Labute approximate surface area is 149 Å². The Morgan fingerprint density at radius 3 is 2.73 bits per heavy atom. The highest BCUT2D eigenvalue weighted by Crippen LogP contribution is 2.52. The van der Waals surface area contributed by atoms with E-state index >= 15 is 0 Å². The molecule has 3 aliphatic heterocycles. The summed E-state index contributed by atoms with van der Waals surface area (Å²) < 4.78 is 16.7. The summed E-state index contributed by atoms with van der Waals surface area (Å²) in [5.41, 5.74) is -0.707. The van der Waals surface area contributed by atoms with Crippen LogP contribution < -0.4 is 5.32 Å². The Morgan fingerprint density at radius 2 is 2.00 bits per heavy atom. The van der Waals surface area contributed by atoms with Crippen molar-refractivity contribution in [1.82, 2.24) is 10.2 Å². The van der Waals surface area contributed by atoms with Crippen molar-refractivity contribution in [3.8, 4) is 0 Å². The van der Waals surface area contributed by atoms with Gasteiger partial charge >= 0.3 is 0 Å². The summed E-state index contributed by atoms with van der Waals surface area (Å²) in [6.45, 7) is 1.11. The zero-order valence-electron chi connectivity index (χ0n) is 14.0. The zero-order valence-corrected chi connectivity index (χ0v) is 14.0. The van der Waals surface area contributed by atoms with Crippen molar-refractivity contribution in [3.05, 3.63) is 60.5 Å². The van der Waals surface area contributed by atoms with Gasteiger partial charge < -0.3 is 23.8 Å². The molecule has 0 aliphatic carbocycles. The number of carbonyl (C=O) groups excluding carboxylic acids is 2. The van der Waals surface area contributed by atoms with Gasteiger partial charge in [0.2, 0.25) is 11.8 Å². The van der Waals surface area contributed by atoms with Gasteiger partial charge in [-0.2, -0.15) is 0 Å². The molecule has 0 saturated carbocycles. The highest BCUT2D eigenvalue weighted by atomic mass is 16.5. The molecule has 1 N–H and O–H groups in total. The minimum Gasteiger partial charge on any atom is -0.467 e. The van der Waals surface area contributed by atoms with Crippen molar-refractivity contribution < 1.29 is 23.2 Å². The van der Waals surface area contributed by atoms with E-state index in [0.29, 0.717) is 31.2 Å². The van der Waals surface area contributed by atoms with Crippen LogP contribution in [0.3, 0.4) is 0 Å². The molecule has 134 valence electrons. The topological polar surface area (TPSA) is 84.9 Å². The predicted molar refractivity (Wildman–Crippen MR) is 88.4 cm³/mol. The average molecular weight is 354 g/mol. The first-order chi connectivity index (χ1) is 12.7. The molecule has 7 heteroatoms. The second-order valence-corrected chi connectivity index (χ2v) is 6.97. The van der Waals surface area contributed by atoms with Gasteiger partial charge in [-0.05, 0) is 24.3 Å². The molecule has 7 nitrogen and oxygen atoms in total. The molecule has 0 radical (unpaired) electrons. The van der Waals surface area contributed by atoms with E-state index in [0.717, 1.165) is 0 Å². The number of hydrogen-bond donors (Lipinski definition) is 1. The van der Waals surface area contributed by atoms with Gasteiger partial charge in [-0.1, -0.05) is 12.2 Å². The molecule has 3 aliphatic rings. The fraction of sp³-hybridized carbons (Fsp3) is 0.368. The molecule has 1 spiro atoms. The number of furan rings is 2. The third-order valence-corrected chi connectivity index (χ3v) is 5.43. The van der Waals surface area contributed by atoms with Crippen molar-refractivity contribution in [1.29, 1.82) is 0 Å². The fourth-order valence-electron chi connectivity index (χ4n) is 4.31. The lowest BCUT2D eigenvalue weighted by atomic mass is 9.77. The maximum absolute atomic E-state index is 13.0. The van der Waals surface area contributed by atoms with E-state index in [1.807, 2.05) is 18.2 Å². The van der Waals surface area contributed by atoms with Crippen LogP contribution in [-0.4, -0.2) is 35.0 Å². The normalized spacial score (nSPS) is 31.6. The van der Waals surface area contributed by atoms with E-state index in [-0.39, 0.29) is 17.9 Å². The van der Waals surface area contributed by atoms with Gasteiger partial charge in [0, 0.05) is 0 Å². The summed E-state index contributed by atoms with van der Waals surface area (Å²) in [5.74, 6) is 0.118. The lowest BCUT2D eigenvalue weighted by Crippen LogP contribution is -2.43. The lowest BCUT2D eigenvalue weighted by molar-refractivity contribution is -0.138. The Hall–Kier alpha value is -2.80. The highest BCUT2D eigenvalue weighted by Gasteiger charge is 2.66. The maximum Gasteiger partial charge on any atom is 0.230 e. The van der Waals surface area contributed by atoms with Gasteiger partial charge in [-0.15, -0.1) is 0 Å². The summed E-state index contributed by atoms with van der Waals surface area (Å²) in [4.78, 5) is 27.5. The van der Waals surface area contributed by atoms with Crippen LogP contribution >= 0.6 is 0 Å². The van der Waals surface area contributed by atoms with E-state index in [9.17, 15) is 9.59 Å². The van der Waals surface area contributed by atoms with Crippen LogP contribution in [0.4, 0.5) is 0 Å². The molecule has 2 bridgehead atoms. The molecule has 5 heterocycles. The van der Waals surface area contributed by atoms with E-state index in [2.05, 4.69) is 5.32 Å². The molecule has 0 unspecified atom stereocenters. The first kappa shape index (κ1) is 15.5.